The summed E-state index contributed by atoms with van der Waals surface area (Å²) in [4.78, 5) is 30.1. The van der Waals surface area contributed by atoms with E-state index in [2.05, 4.69) is 4.98 Å². The quantitative estimate of drug-likeness (QED) is 0.245. The SMILES string of the molecule is Br.Cc1ccc(S(=O)(=O)N(C(=O)c2c3ccccc3nc3ccccc23)c2ccc(CC(=O)O)cc2)cc1. The van der Waals surface area contributed by atoms with Gasteiger partial charge in [0.05, 0.1) is 33.6 Å². The number of pyridine rings is 1. The Bertz CT molecular complexity index is 1720. The highest BCUT2D eigenvalue weighted by atomic mass is 79.9. The van der Waals surface area contributed by atoms with E-state index in [0.717, 1.165) is 9.87 Å². The topological polar surface area (TPSA) is 105 Å². The van der Waals surface area contributed by atoms with E-state index < -0.39 is 21.9 Å². The standard InChI is InChI=1S/C29H22N2O5S.BrH/c1-19-10-16-22(17-11-19)37(35,36)31(21-14-12-20(13-15-21)18-27(32)33)29(34)28-23-6-2-4-8-25(23)30-26-9-5-3-7-24(26)28;/h2-17H,18H2,1H3,(H,32,33);1H. The molecule has 0 aliphatic rings. The van der Waals surface area contributed by atoms with Crippen molar-refractivity contribution in [3.63, 3.8) is 0 Å². The summed E-state index contributed by atoms with van der Waals surface area (Å²) < 4.78 is 28.8. The summed E-state index contributed by atoms with van der Waals surface area (Å²) in [5.41, 5.74) is 2.80. The predicted molar refractivity (Wildman–Crippen MR) is 153 cm³/mol. The molecule has 1 aromatic heterocycles. The maximum absolute atomic E-state index is 14.3. The largest absolute Gasteiger partial charge is 0.481 e. The summed E-state index contributed by atoms with van der Waals surface area (Å²) >= 11 is 0. The fourth-order valence-electron chi connectivity index (χ4n) is 4.28. The number of aryl methyl sites for hydroxylation is 1. The molecule has 7 nitrogen and oxygen atoms in total. The average Bonchev–Trinajstić information content (AvgIpc) is 2.88. The molecule has 0 unspecified atom stereocenters. The van der Waals surface area contributed by atoms with Crippen molar-refractivity contribution in [3.8, 4) is 0 Å². The second kappa shape index (κ2) is 10.7. The van der Waals surface area contributed by atoms with Crippen LogP contribution in [0, 0.1) is 6.92 Å². The van der Waals surface area contributed by atoms with E-state index in [4.69, 9.17) is 5.11 Å². The van der Waals surface area contributed by atoms with E-state index in [1.165, 1.54) is 36.4 Å². The first-order chi connectivity index (χ1) is 17.8. The van der Waals surface area contributed by atoms with Crippen LogP contribution < -0.4 is 4.31 Å². The molecule has 0 aliphatic carbocycles. The molecular formula is C29H23BrN2O5S. The third-order valence-corrected chi connectivity index (χ3v) is 7.80. The number of benzene rings is 4. The van der Waals surface area contributed by atoms with Gasteiger partial charge < -0.3 is 5.11 Å². The molecule has 0 fully saturated rings. The van der Waals surface area contributed by atoms with Gasteiger partial charge in [-0.1, -0.05) is 66.2 Å². The van der Waals surface area contributed by atoms with Gasteiger partial charge in [0.25, 0.3) is 15.9 Å². The minimum absolute atomic E-state index is 0. The Morgan fingerprint density at radius 3 is 1.84 bits per heavy atom. The minimum Gasteiger partial charge on any atom is -0.481 e. The molecule has 0 radical (unpaired) electrons. The molecule has 5 rings (SSSR count). The molecule has 0 aliphatic heterocycles. The molecule has 192 valence electrons. The van der Waals surface area contributed by atoms with E-state index >= 15 is 0 Å². The third kappa shape index (κ3) is 5.03. The summed E-state index contributed by atoms with van der Waals surface area (Å²) in [6, 6.07) is 26.4. The van der Waals surface area contributed by atoms with Gasteiger partial charge in [-0.2, -0.15) is 4.31 Å². The van der Waals surface area contributed by atoms with Gasteiger partial charge in [-0.15, -0.1) is 17.0 Å². The molecule has 0 saturated carbocycles. The first kappa shape index (κ1) is 27.0. The molecule has 9 heteroatoms. The van der Waals surface area contributed by atoms with Crippen molar-refractivity contribution in [3.05, 3.63) is 114 Å². The molecule has 0 spiro atoms. The van der Waals surface area contributed by atoms with Gasteiger partial charge in [-0.3, -0.25) is 9.59 Å². The zero-order valence-electron chi connectivity index (χ0n) is 20.2. The van der Waals surface area contributed by atoms with Gasteiger partial charge >= 0.3 is 5.97 Å². The van der Waals surface area contributed by atoms with Crippen LogP contribution in [-0.2, 0) is 21.2 Å². The normalized spacial score (nSPS) is 11.2. The highest BCUT2D eigenvalue weighted by Crippen LogP contribution is 2.32. The zero-order chi connectivity index (χ0) is 26.2. The number of aliphatic carboxylic acids is 1. The van der Waals surface area contributed by atoms with Gasteiger partial charge in [0, 0.05) is 10.8 Å². The van der Waals surface area contributed by atoms with E-state index in [1.54, 1.807) is 60.7 Å². The Balaban J connectivity index is 0.00000336. The number of carboxylic acids is 1. The molecule has 4 aromatic carbocycles. The summed E-state index contributed by atoms with van der Waals surface area (Å²) in [5.74, 6) is -1.75. The number of carboxylic acid groups (broad SMARTS) is 1. The van der Waals surface area contributed by atoms with E-state index in [0.29, 0.717) is 27.4 Å². The van der Waals surface area contributed by atoms with Crippen molar-refractivity contribution < 1.29 is 23.1 Å². The van der Waals surface area contributed by atoms with Crippen molar-refractivity contribution in [2.75, 3.05) is 4.31 Å². The van der Waals surface area contributed by atoms with E-state index in [-0.39, 0.29) is 39.5 Å². The van der Waals surface area contributed by atoms with Gasteiger partial charge in [-0.05, 0) is 48.9 Å². The maximum Gasteiger partial charge on any atom is 0.307 e. The molecular weight excluding hydrogens is 568 g/mol. The van der Waals surface area contributed by atoms with Crippen LogP contribution in [0.3, 0.4) is 0 Å². The number of amides is 1. The molecule has 1 heterocycles. The third-order valence-electron chi connectivity index (χ3n) is 6.07. The Kier molecular flexibility index (Phi) is 7.61. The number of sulfonamides is 1. The van der Waals surface area contributed by atoms with Gasteiger partial charge in [0.1, 0.15) is 0 Å². The van der Waals surface area contributed by atoms with E-state index in [1.807, 2.05) is 6.92 Å². The number of anilines is 1. The Hall–Kier alpha value is -4.08. The van der Waals surface area contributed by atoms with Crippen molar-refractivity contribution in [1.29, 1.82) is 0 Å². The number of nitrogens with zero attached hydrogens (tertiary/aromatic N) is 2. The number of rotatable bonds is 6. The number of carbonyl (C=O) groups is 2. The lowest BCUT2D eigenvalue weighted by atomic mass is 10.0. The smallest absolute Gasteiger partial charge is 0.307 e. The number of aromatic nitrogens is 1. The van der Waals surface area contributed by atoms with Crippen LogP contribution in [0.15, 0.2) is 102 Å². The minimum atomic E-state index is -4.34. The molecule has 38 heavy (non-hydrogen) atoms. The summed E-state index contributed by atoms with van der Waals surface area (Å²) in [7, 11) is -4.34. The molecule has 5 aromatic rings. The first-order valence-electron chi connectivity index (χ1n) is 11.5. The predicted octanol–water partition coefficient (Wildman–Crippen LogP) is 5.94. The monoisotopic (exact) mass is 590 g/mol. The van der Waals surface area contributed by atoms with Gasteiger partial charge in [0.2, 0.25) is 0 Å². The number of halogens is 1. The Labute approximate surface area is 230 Å². The summed E-state index contributed by atoms with van der Waals surface area (Å²) in [6.45, 7) is 1.84. The lowest BCUT2D eigenvalue weighted by Gasteiger charge is -2.24. The van der Waals surface area contributed by atoms with Crippen molar-refractivity contribution in [2.45, 2.75) is 18.2 Å². The summed E-state index contributed by atoms with van der Waals surface area (Å²) in [6.07, 6.45) is -0.224. The number of para-hydroxylation sites is 2. The van der Waals surface area contributed by atoms with Crippen LogP contribution in [0.1, 0.15) is 21.5 Å². The van der Waals surface area contributed by atoms with Crippen LogP contribution in [-0.4, -0.2) is 30.4 Å². The number of hydrogen-bond donors (Lipinski definition) is 1. The van der Waals surface area contributed by atoms with E-state index in [9.17, 15) is 18.0 Å². The van der Waals surface area contributed by atoms with Crippen LogP contribution in [0.5, 0.6) is 0 Å². The second-order valence-corrected chi connectivity index (χ2v) is 10.4. The van der Waals surface area contributed by atoms with Crippen LogP contribution >= 0.6 is 17.0 Å². The van der Waals surface area contributed by atoms with Gasteiger partial charge in [-0.25, -0.2) is 13.4 Å². The highest BCUT2D eigenvalue weighted by molar-refractivity contribution is 8.93. The van der Waals surface area contributed by atoms with Crippen LogP contribution in [0.4, 0.5) is 5.69 Å². The molecule has 0 atom stereocenters. The van der Waals surface area contributed by atoms with Crippen molar-refractivity contribution in [1.82, 2.24) is 4.98 Å². The number of hydrogen-bond acceptors (Lipinski definition) is 5. The maximum atomic E-state index is 14.3. The van der Waals surface area contributed by atoms with Crippen LogP contribution in [0.2, 0.25) is 0 Å². The zero-order valence-corrected chi connectivity index (χ0v) is 22.8. The molecule has 0 saturated heterocycles. The molecule has 1 N–H and O–H groups in total. The Morgan fingerprint density at radius 2 is 1.32 bits per heavy atom. The first-order valence-corrected chi connectivity index (χ1v) is 12.9. The molecule has 0 bridgehead atoms. The fourth-order valence-corrected chi connectivity index (χ4v) is 5.68. The van der Waals surface area contributed by atoms with Gasteiger partial charge in [0.15, 0.2) is 0 Å². The lowest BCUT2D eigenvalue weighted by Crippen LogP contribution is -2.37. The lowest BCUT2D eigenvalue weighted by molar-refractivity contribution is -0.136. The number of carbonyl (C=O) groups excluding carboxylic acids is 1. The Morgan fingerprint density at radius 1 is 0.789 bits per heavy atom. The summed E-state index contributed by atoms with van der Waals surface area (Å²) in [5, 5.41) is 10.2. The highest BCUT2D eigenvalue weighted by Gasteiger charge is 2.34. The second-order valence-electron chi connectivity index (χ2n) is 8.65. The number of fused-ring (bicyclic) bond motifs is 2. The average molecular weight is 591 g/mol. The van der Waals surface area contributed by atoms with Crippen LogP contribution in [0.25, 0.3) is 21.8 Å². The fraction of sp³-hybridized carbons (Fsp3) is 0.0690. The van der Waals surface area contributed by atoms with Crippen molar-refractivity contribution >= 4 is 66.4 Å². The van der Waals surface area contributed by atoms with Crippen molar-refractivity contribution in [2.24, 2.45) is 0 Å². The molecule has 1 amide bonds.